The Hall–Kier alpha value is -2.26. The number of hydrogen-bond donors (Lipinski definition) is 1. The first kappa shape index (κ1) is 12.8. The fraction of sp³-hybridized carbons (Fsp3) is 0.0625. The van der Waals surface area contributed by atoms with Crippen LogP contribution in [0.25, 0.3) is 11.3 Å². The lowest BCUT2D eigenvalue weighted by atomic mass is 10.1. The summed E-state index contributed by atoms with van der Waals surface area (Å²) in [7, 11) is 0. The number of rotatable bonds is 4. The zero-order chi connectivity index (χ0) is 13.8. The van der Waals surface area contributed by atoms with Gasteiger partial charge in [-0.3, -0.25) is 0 Å². The lowest BCUT2D eigenvalue weighted by molar-refractivity contribution is 0.572. The van der Waals surface area contributed by atoms with Crippen molar-refractivity contribution in [2.24, 2.45) is 0 Å². The van der Waals surface area contributed by atoms with Crippen LogP contribution in [0.15, 0.2) is 65.5 Å². The fourth-order valence-corrected chi connectivity index (χ4v) is 2.17. The summed E-state index contributed by atoms with van der Waals surface area (Å²) in [5.41, 5.74) is 3.21. The summed E-state index contributed by atoms with van der Waals surface area (Å²) in [4.78, 5) is 3.91. The number of nitrogens with zero attached hydrogens (tertiary/aromatic N) is 1. The van der Waals surface area contributed by atoms with Gasteiger partial charge in [0.2, 0.25) is 0 Å². The molecule has 0 radical (unpaired) electrons. The molecule has 0 atom stereocenters. The van der Waals surface area contributed by atoms with Gasteiger partial charge in [0.15, 0.2) is 12.2 Å². The first-order chi connectivity index (χ1) is 9.81. The number of hydrogen-bond acceptors (Lipinski definition) is 3. The van der Waals surface area contributed by atoms with E-state index in [4.69, 9.17) is 16.0 Å². The average Bonchev–Trinajstić information content (AvgIpc) is 3.00. The number of halogens is 1. The first-order valence-electron chi connectivity index (χ1n) is 6.28. The third-order valence-corrected chi connectivity index (χ3v) is 3.22. The van der Waals surface area contributed by atoms with Gasteiger partial charge in [0.05, 0.1) is 6.20 Å². The van der Waals surface area contributed by atoms with E-state index in [1.165, 1.54) is 6.39 Å². The summed E-state index contributed by atoms with van der Waals surface area (Å²) in [5.74, 6) is 0.770. The molecule has 3 nitrogen and oxygen atoms in total. The second-order valence-electron chi connectivity index (χ2n) is 4.43. The molecule has 1 heterocycles. The summed E-state index contributed by atoms with van der Waals surface area (Å²) in [6.07, 6.45) is 3.13. The van der Waals surface area contributed by atoms with Crippen LogP contribution in [0.3, 0.4) is 0 Å². The molecule has 2 aromatic carbocycles. The van der Waals surface area contributed by atoms with E-state index in [0.29, 0.717) is 0 Å². The molecule has 3 aromatic rings. The Balaban J connectivity index is 1.67. The number of benzene rings is 2. The van der Waals surface area contributed by atoms with Gasteiger partial charge in [0.25, 0.3) is 0 Å². The van der Waals surface area contributed by atoms with Crippen molar-refractivity contribution in [1.29, 1.82) is 0 Å². The normalized spacial score (nSPS) is 10.4. The minimum Gasteiger partial charge on any atom is -0.444 e. The molecule has 1 aromatic heterocycles. The van der Waals surface area contributed by atoms with Gasteiger partial charge in [0, 0.05) is 22.8 Å². The zero-order valence-corrected chi connectivity index (χ0v) is 11.5. The van der Waals surface area contributed by atoms with E-state index < -0.39 is 0 Å². The molecule has 0 bridgehead atoms. The van der Waals surface area contributed by atoms with Crippen LogP contribution < -0.4 is 5.32 Å². The Kier molecular flexibility index (Phi) is 3.70. The number of aromatic nitrogens is 1. The van der Waals surface area contributed by atoms with Crippen LogP contribution >= 0.6 is 11.6 Å². The second kappa shape index (κ2) is 5.80. The van der Waals surface area contributed by atoms with E-state index in [0.717, 1.165) is 34.1 Å². The topological polar surface area (TPSA) is 38.1 Å². The maximum atomic E-state index is 5.96. The van der Waals surface area contributed by atoms with Crippen molar-refractivity contribution < 1.29 is 4.42 Å². The predicted octanol–water partition coefficient (Wildman–Crippen LogP) is 4.61. The molecule has 0 aliphatic rings. The molecule has 1 N–H and O–H groups in total. The Morgan fingerprint density at radius 2 is 1.95 bits per heavy atom. The summed E-state index contributed by atoms with van der Waals surface area (Å²) in [6.45, 7) is 0.738. The second-order valence-corrected chi connectivity index (χ2v) is 4.86. The quantitative estimate of drug-likeness (QED) is 0.760. The molecule has 4 heteroatoms. The van der Waals surface area contributed by atoms with Gasteiger partial charge in [-0.2, -0.15) is 0 Å². The summed E-state index contributed by atoms with van der Waals surface area (Å²) < 4.78 is 5.26. The van der Waals surface area contributed by atoms with Crippen LogP contribution in [-0.4, -0.2) is 4.98 Å². The van der Waals surface area contributed by atoms with Crippen LogP contribution in [0.4, 0.5) is 5.69 Å². The average molecular weight is 285 g/mol. The minimum atomic E-state index is 0.738. The molecule has 100 valence electrons. The standard InChI is InChI=1S/C16H13ClN2O/c17-14-3-1-2-12(8-14)9-19-15-6-4-13(5-7-15)16-10-18-11-20-16/h1-8,10-11,19H,9H2. The molecular weight excluding hydrogens is 272 g/mol. The van der Waals surface area contributed by atoms with E-state index in [1.54, 1.807) is 6.20 Å². The van der Waals surface area contributed by atoms with E-state index in [9.17, 15) is 0 Å². The summed E-state index contributed by atoms with van der Waals surface area (Å²) in [6, 6.07) is 15.9. The lowest BCUT2D eigenvalue weighted by Crippen LogP contribution is -1.98. The Labute approximate surface area is 122 Å². The van der Waals surface area contributed by atoms with Crippen LogP contribution in [0, 0.1) is 0 Å². The maximum Gasteiger partial charge on any atom is 0.181 e. The third-order valence-electron chi connectivity index (χ3n) is 2.99. The Morgan fingerprint density at radius 3 is 2.65 bits per heavy atom. The molecule has 0 unspecified atom stereocenters. The molecule has 0 aliphatic heterocycles. The van der Waals surface area contributed by atoms with Crippen LogP contribution in [-0.2, 0) is 6.54 Å². The number of oxazole rings is 1. The van der Waals surface area contributed by atoms with E-state index >= 15 is 0 Å². The fourth-order valence-electron chi connectivity index (χ4n) is 1.96. The smallest absolute Gasteiger partial charge is 0.181 e. The van der Waals surface area contributed by atoms with Gasteiger partial charge < -0.3 is 9.73 Å². The van der Waals surface area contributed by atoms with Gasteiger partial charge >= 0.3 is 0 Å². The van der Waals surface area contributed by atoms with Crippen molar-refractivity contribution in [1.82, 2.24) is 4.98 Å². The SMILES string of the molecule is Clc1cccc(CNc2ccc(-c3cnco3)cc2)c1. The highest BCUT2D eigenvalue weighted by molar-refractivity contribution is 6.30. The van der Waals surface area contributed by atoms with Crippen molar-refractivity contribution in [3.05, 3.63) is 71.7 Å². The number of nitrogens with one attached hydrogen (secondary N) is 1. The van der Waals surface area contributed by atoms with Gasteiger partial charge in [-0.15, -0.1) is 0 Å². The molecule has 0 spiro atoms. The highest BCUT2D eigenvalue weighted by atomic mass is 35.5. The molecule has 0 aliphatic carbocycles. The number of anilines is 1. The monoisotopic (exact) mass is 284 g/mol. The molecule has 0 saturated carbocycles. The third kappa shape index (κ3) is 3.00. The Bertz CT molecular complexity index is 678. The van der Waals surface area contributed by atoms with E-state index in [2.05, 4.69) is 10.3 Å². The minimum absolute atomic E-state index is 0.738. The van der Waals surface area contributed by atoms with Crippen LogP contribution in [0.2, 0.25) is 5.02 Å². The molecule has 0 amide bonds. The molecule has 3 rings (SSSR count). The van der Waals surface area contributed by atoms with Crippen LogP contribution in [0.5, 0.6) is 0 Å². The van der Waals surface area contributed by atoms with Gasteiger partial charge in [0.1, 0.15) is 0 Å². The van der Waals surface area contributed by atoms with Gasteiger partial charge in [-0.1, -0.05) is 23.7 Å². The zero-order valence-electron chi connectivity index (χ0n) is 10.7. The largest absolute Gasteiger partial charge is 0.444 e. The van der Waals surface area contributed by atoms with E-state index in [1.807, 2.05) is 48.5 Å². The van der Waals surface area contributed by atoms with Gasteiger partial charge in [-0.05, 0) is 42.0 Å². The summed E-state index contributed by atoms with van der Waals surface area (Å²) >= 11 is 5.96. The van der Waals surface area contributed by atoms with E-state index in [-0.39, 0.29) is 0 Å². The van der Waals surface area contributed by atoms with Crippen molar-refractivity contribution >= 4 is 17.3 Å². The van der Waals surface area contributed by atoms with Gasteiger partial charge in [-0.25, -0.2) is 4.98 Å². The van der Waals surface area contributed by atoms with Crippen LogP contribution in [0.1, 0.15) is 5.56 Å². The summed E-state index contributed by atoms with van der Waals surface area (Å²) in [5, 5.41) is 4.11. The maximum absolute atomic E-state index is 5.96. The van der Waals surface area contributed by atoms with Crippen molar-refractivity contribution in [2.75, 3.05) is 5.32 Å². The lowest BCUT2D eigenvalue weighted by Gasteiger charge is -2.07. The molecule has 0 saturated heterocycles. The van der Waals surface area contributed by atoms with Crippen molar-refractivity contribution in [3.63, 3.8) is 0 Å². The molecule has 20 heavy (non-hydrogen) atoms. The predicted molar refractivity (Wildman–Crippen MR) is 80.7 cm³/mol. The molecule has 0 fully saturated rings. The van der Waals surface area contributed by atoms with Crippen molar-refractivity contribution in [3.8, 4) is 11.3 Å². The highest BCUT2D eigenvalue weighted by Gasteiger charge is 2.01. The first-order valence-corrected chi connectivity index (χ1v) is 6.66. The molecular formula is C16H13ClN2O. The Morgan fingerprint density at radius 1 is 1.10 bits per heavy atom. The highest BCUT2D eigenvalue weighted by Crippen LogP contribution is 2.21. The van der Waals surface area contributed by atoms with Crippen molar-refractivity contribution in [2.45, 2.75) is 6.54 Å².